The van der Waals surface area contributed by atoms with Crippen molar-refractivity contribution in [3.63, 3.8) is 0 Å². The topological polar surface area (TPSA) is 97.7 Å². The number of aryl methyl sites for hydroxylation is 1. The average Bonchev–Trinajstić information content (AvgIpc) is 2.86. The van der Waals surface area contributed by atoms with Gasteiger partial charge in [0.1, 0.15) is 11.6 Å². The van der Waals surface area contributed by atoms with Crippen LogP contribution in [0.15, 0.2) is 53.9 Å². The minimum atomic E-state index is 0.285. The maximum atomic E-state index is 5.81. The molecule has 0 amide bonds. The van der Waals surface area contributed by atoms with Crippen LogP contribution < -0.4 is 15.1 Å². The molecular weight excluding hydrogens is 418 g/mol. The number of nitrogens with zero attached hydrogens (tertiary/aromatic N) is 6. The Morgan fingerprint density at radius 2 is 1.88 bits per heavy atom. The van der Waals surface area contributed by atoms with Crippen LogP contribution in [0.2, 0.25) is 0 Å². The number of hydrogen-bond donors (Lipinski definition) is 1. The van der Waals surface area contributed by atoms with Crippen molar-refractivity contribution < 1.29 is 9.47 Å². The molecule has 1 aliphatic rings. The molecule has 3 aromatic rings. The van der Waals surface area contributed by atoms with Crippen molar-refractivity contribution >= 4 is 17.9 Å². The monoisotopic (exact) mass is 449 g/mol. The van der Waals surface area contributed by atoms with Crippen molar-refractivity contribution in [2.45, 2.75) is 27.2 Å². The van der Waals surface area contributed by atoms with E-state index in [0.29, 0.717) is 37.9 Å². The van der Waals surface area contributed by atoms with Gasteiger partial charge in [-0.05, 0) is 18.6 Å². The fraction of sp³-hybridized carbons (Fsp3) is 0.375. The first-order valence-electron chi connectivity index (χ1n) is 11.2. The minimum absolute atomic E-state index is 0.285. The van der Waals surface area contributed by atoms with Gasteiger partial charge in [0.2, 0.25) is 0 Å². The highest BCUT2D eigenvalue weighted by Crippen LogP contribution is 2.20. The highest BCUT2D eigenvalue weighted by molar-refractivity contribution is 5.80. The van der Waals surface area contributed by atoms with Gasteiger partial charge in [-0.1, -0.05) is 43.7 Å². The third-order valence-electron chi connectivity index (χ3n) is 4.64. The zero-order chi connectivity index (χ0) is 23.3. The van der Waals surface area contributed by atoms with E-state index >= 15 is 0 Å². The third kappa shape index (κ3) is 7.80. The predicted octanol–water partition coefficient (Wildman–Crippen LogP) is 3.51. The molecule has 1 N–H and O–H groups in total. The van der Waals surface area contributed by atoms with Crippen LogP contribution >= 0.6 is 0 Å². The number of benzene rings is 1. The molecule has 4 rings (SSSR count). The first-order chi connectivity index (χ1) is 16.3. The summed E-state index contributed by atoms with van der Waals surface area (Å²) in [5.74, 6) is 2.05. The van der Waals surface area contributed by atoms with Crippen molar-refractivity contribution in [1.82, 2.24) is 19.9 Å². The summed E-state index contributed by atoms with van der Waals surface area (Å²) in [6.07, 6.45) is 5.76. The predicted molar refractivity (Wildman–Crippen MR) is 130 cm³/mol. The summed E-state index contributed by atoms with van der Waals surface area (Å²) >= 11 is 0. The summed E-state index contributed by atoms with van der Waals surface area (Å²) in [7, 11) is 0. The summed E-state index contributed by atoms with van der Waals surface area (Å²) in [6, 6.07) is 12.0. The molecule has 0 unspecified atom stereocenters. The van der Waals surface area contributed by atoms with Gasteiger partial charge in [0, 0.05) is 38.0 Å². The van der Waals surface area contributed by atoms with Gasteiger partial charge in [0.25, 0.3) is 0 Å². The van der Waals surface area contributed by atoms with E-state index in [1.54, 1.807) is 24.7 Å². The Morgan fingerprint density at radius 3 is 2.64 bits per heavy atom. The van der Waals surface area contributed by atoms with E-state index < -0.39 is 0 Å². The Morgan fingerprint density at radius 1 is 1.09 bits per heavy atom. The van der Waals surface area contributed by atoms with Crippen LogP contribution in [0.4, 0.5) is 11.6 Å². The Balaban J connectivity index is 0.00000149. The molecule has 3 heterocycles. The fourth-order valence-electron chi connectivity index (χ4n) is 3.11. The number of morpholine rings is 1. The number of aromatic nitrogens is 4. The van der Waals surface area contributed by atoms with E-state index in [9.17, 15) is 0 Å². The zero-order valence-electron chi connectivity index (χ0n) is 19.4. The van der Waals surface area contributed by atoms with E-state index in [1.165, 1.54) is 5.56 Å². The average molecular weight is 450 g/mol. The maximum absolute atomic E-state index is 5.81. The molecule has 0 saturated carbocycles. The quantitative estimate of drug-likeness (QED) is 0.412. The van der Waals surface area contributed by atoms with Gasteiger partial charge < -0.3 is 14.4 Å². The molecule has 1 fully saturated rings. The summed E-state index contributed by atoms with van der Waals surface area (Å²) < 4.78 is 11.3. The summed E-state index contributed by atoms with van der Waals surface area (Å²) in [6.45, 7) is 9.29. The van der Waals surface area contributed by atoms with Crippen LogP contribution in [0.3, 0.4) is 0 Å². The second kappa shape index (κ2) is 13.1. The van der Waals surface area contributed by atoms with Crippen LogP contribution in [0.1, 0.15) is 30.8 Å². The number of anilines is 2. The minimum Gasteiger partial charge on any atom is -0.463 e. The normalized spacial score (nSPS) is 13.4. The Bertz CT molecular complexity index is 1010. The van der Waals surface area contributed by atoms with Gasteiger partial charge in [-0.2, -0.15) is 15.1 Å². The molecule has 0 bridgehead atoms. The molecule has 0 spiro atoms. The lowest BCUT2D eigenvalue weighted by atomic mass is 10.2. The molecule has 1 aliphatic heterocycles. The summed E-state index contributed by atoms with van der Waals surface area (Å²) in [5.41, 5.74) is 5.18. The van der Waals surface area contributed by atoms with Crippen LogP contribution in [-0.2, 0) is 11.2 Å². The number of nitrogens with one attached hydrogen (secondary N) is 1. The Hall–Kier alpha value is -3.59. The van der Waals surface area contributed by atoms with E-state index in [-0.39, 0.29) is 6.01 Å². The lowest BCUT2D eigenvalue weighted by Crippen LogP contribution is -2.36. The molecule has 174 valence electrons. The first kappa shape index (κ1) is 24.1. The van der Waals surface area contributed by atoms with E-state index in [0.717, 1.165) is 24.5 Å². The second-order valence-corrected chi connectivity index (χ2v) is 7.04. The standard InChI is InChI=1S/C22H25N7O2.C2H6/c1-17-4-2-5-18(14-17)16-25-28-20-15-21(29-9-12-30-13-10-29)27-22(26-20)31-11-6-19-23-7-3-8-24-19;1-2/h2-5,7-8,14-16H,6,9-13H2,1H3,(H,26,27,28);1-2H3/b25-16+;. The van der Waals surface area contributed by atoms with Crippen LogP contribution in [0.5, 0.6) is 6.01 Å². The Labute approximate surface area is 194 Å². The fourth-order valence-corrected chi connectivity index (χ4v) is 3.11. The lowest BCUT2D eigenvalue weighted by molar-refractivity contribution is 0.122. The van der Waals surface area contributed by atoms with E-state index in [2.05, 4.69) is 41.4 Å². The Kier molecular flexibility index (Phi) is 9.53. The van der Waals surface area contributed by atoms with Crippen molar-refractivity contribution in [1.29, 1.82) is 0 Å². The van der Waals surface area contributed by atoms with E-state index in [4.69, 9.17) is 9.47 Å². The largest absolute Gasteiger partial charge is 0.463 e. The smallest absolute Gasteiger partial charge is 0.320 e. The second-order valence-electron chi connectivity index (χ2n) is 7.04. The van der Waals surface area contributed by atoms with Crippen LogP contribution in [-0.4, -0.2) is 59.1 Å². The van der Waals surface area contributed by atoms with Gasteiger partial charge in [-0.3, -0.25) is 5.43 Å². The summed E-state index contributed by atoms with van der Waals surface area (Å²) in [5, 5.41) is 4.32. The molecule has 1 saturated heterocycles. The lowest BCUT2D eigenvalue weighted by Gasteiger charge is -2.28. The van der Waals surface area contributed by atoms with Crippen LogP contribution in [0.25, 0.3) is 0 Å². The molecule has 33 heavy (non-hydrogen) atoms. The zero-order valence-corrected chi connectivity index (χ0v) is 19.4. The molecule has 0 atom stereocenters. The summed E-state index contributed by atoms with van der Waals surface area (Å²) in [4.78, 5) is 19.6. The number of ether oxygens (including phenoxy) is 2. The van der Waals surface area contributed by atoms with Crippen LogP contribution in [0, 0.1) is 6.92 Å². The molecular formula is C24H31N7O2. The van der Waals surface area contributed by atoms with Crippen molar-refractivity contribution in [3.05, 3.63) is 65.7 Å². The number of hydrazone groups is 1. The number of hydrogen-bond acceptors (Lipinski definition) is 9. The maximum Gasteiger partial charge on any atom is 0.320 e. The number of rotatable bonds is 8. The highest BCUT2D eigenvalue weighted by Gasteiger charge is 2.15. The van der Waals surface area contributed by atoms with Gasteiger partial charge in [0.05, 0.1) is 26.0 Å². The third-order valence-corrected chi connectivity index (χ3v) is 4.64. The van der Waals surface area contributed by atoms with Gasteiger partial charge in [-0.15, -0.1) is 0 Å². The van der Waals surface area contributed by atoms with Crippen molar-refractivity contribution in [2.24, 2.45) is 5.10 Å². The van der Waals surface area contributed by atoms with Gasteiger partial charge in [0.15, 0.2) is 5.82 Å². The van der Waals surface area contributed by atoms with Crippen molar-refractivity contribution in [2.75, 3.05) is 43.2 Å². The molecule has 2 aromatic heterocycles. The van der Waals surface area contributed by atoms with Gasteiger partial charge >= 0.3 is 6.01 Å². The highest BCUT2D eigenvalue weighted by atomic mass is 16.5. The molecule has 1 aromatic carbocycles. The van der Waals surface area contributed by atoms with Gasteiger partial charge in [-0.25, -0.2) is 9.97 Å². The molecule has 0 radical (unpaired) electrons. The van der Waals surface area contributed by atoms with Crippen molar-refractivity contribution in [3.8, 4) is 6.01 Å². The molecule has 0 aliphatic carbocycles. The first-order valence-corrected chi connectivity index (χ1v) is 11.2. The SMILES string of the molecule is CC.Cc1cccc(/C=N/Nc2cc(N3CCOCC3)nc(OCCc3ncccn3)n2)c1. The van der Waals surface area contributed by atoms with E-state index in [1.807, 2.05) is 45.0 Å². The molecule has 9 heteroatoms. The molecule has 9 nitrogen and oxygen atoms in total.